The van der Waals surface area contributed by atoms with Gasteiger partial charge < -0.3 is 9.84 Å². The van der Waals surface area contributed by atoms with Crippen LogP contribution in [0.5, 0.6) is 0 Å². The van der Waals surface area contributed by atoms with Gasteiger partial charge in [-0.3, -0.25) is 4.90 Å². The summed E-state index contributed by atoms with van der Waals surface area (Å²) in [5.74, 6) is 0.628. The summed E-state index contributed by atoms with van der Waals surface area (Å²) in [7, 11) is 1.74. The molecule has 0 bridgehead atoms. The van der Waals surface area contributed by atoms with E-state index in [1.807, 2.05) is 0 Å². The Bertz CT molecular complexity index is 228. The number of rotatable bonds is 6. The van der Waals surface area contributed by atoms with Crippen LogP contribution in [0.3, 0.4) is 0 Å². The third kappa shape index (κ3) is 3.94. The van der Waals surface area contributed by atoms with E-state index in [-0.39, 0.29) is 11.5 Å². The topological polar surface area (TPSA) is 32.7 Å². The molecule has 0 spiro atoms. The summed E-state index contributed by atoms with van der Waals surface area (Å²) in [5, 5.41) is 10.4. The minimum Gasteiger partial charge on any atom is -0.391 e. The molecule has 102 valence electrons. The highest BCUT2D eigenvalue weighted by atomic mass is 16.5. The van der Waals surface area contributed by atoms with Gasteiger partial charge in [-0.25, -0.2) is 0 Å². The molecule has 2 atom stereocenters. The van der Waals surface area contributed by atoms with E-state index in [1.165, 1.54) is 0 Å². The van der Waals surface area contributed by atoms with Crippen molar-refractivity contribution in [3.05, 3.63) is 0 Å². The molecule has 0 heterocycles. The van der Waals surface area contributed by atoms with Gasteiger partial charge in [0.15, 0.2) is 0 Å². The molecule has 1 aliphatic rings. The Morgan fingerprint density at radius 2 is 2.06 bits per heavy atom. The van der Waals surface area contributed by atoms with Gasteiger partial charge in [0, 0.05) is 26.2 Å². The lowest BCUT2D eigenvalue weighted by Crippen LogP contribution is -2.46. The predicted molar refractivity (Wildman–Crippen MR) is 71.1 cm³/mol. The van der Waals surface area contributed by atoms with Crippen LogP contribution >= 0.6 is 0 Å². The van der Waals surface area contributed by atoms with Gasteiger partial charge in [-0.05, 0) is 24.2 Å². The Morgan fingerprint density at radius 1 is 1.41 bits per heavy atom. The molecule has 3 heteroatoms. The Balaban J connectivity index is 2.63. The van der Waals surface area contributed by atoms with E-state index in [2.05, 4.69) is 32.6 Å². The first kappa shape index (κ1) is 14.9. The Kier molecular flexibility index (Phi) is 5.42. The van der Waals surface area contributed by atoms with Crippen molar-refractivity contribution in [3.63, 3.8) is 0 Å². The first-order valence-electron chi connectivity index (χ1n) is 6.79. The summed E-state index contributed by atoms with van der Waals surface area (Å²) in [6.45, 7) is 11.5. The molecule has 1 aliphatic carbocycles. The number of aliphatic hydroxyl groups is 1. The average Bonchev–Trinajstić information content (AvgIpc) is 2.49. The monoisotopic (exact) mass is 243 g/mol. The molecule has 1 N–H and O–H groups in total. The zero-order valence-corrected chi connectivity index (χ0v) is 12.1. The van der Waals surface area contributed by atoms with Crippen molar-refractivity contribution < 1.29 is 9.84 Å². The molecule has 3 nitrogen and oxygen atoms in total. The van der Waals surface area contributed by atoms with E-state index in [4.69, 9.17) is 4.74 Å². The highest BCUT2D eigenvalue weighted by molar-refractivity contribution is 4.96. The van der Waals surface area contributed by atoms with Crippen molar-refractivity contribution in [1.82, 2.24) is 4.90 Å². The third-order valence-electron chi connectivity index (χ3n) is 3.90. The predicted octanol–water partition coefficient (Wildman–Crippen LogP) is 2.14. The summed E-state index contributed by atoms with van der Waals surface area (Å²) in [4.78, 5) is 2.41. The lowest BCUT2D eigenvalue weighted by molar-refractivity contribution is 0.00279. The average molecular weight is 243 g/mol. The van der Waals surface area contributed by atoms with Crippen molar-refractivity contribution in [3.8, 4) is 0 Å². The van der Waals surface area contributed by atoms with Crippen molar-refractivity contribution in [2.24, 2.45) is 11.3 Å². The number of ether oxygens (including phenoxy) is 1. The number of methoxy groups -OCH3 is 1. The van der Waals surface area contributed by atoms with E-state index < -0.39 is 0 Å². The molecule has 0 radical (unpaired) electrons. The van der Waals surface area contributed by atoms with Crippen LogP contribution in [0.25, 0.3) is 0 Å². The van der Waals surface area contributed by atoms with E-state index >= 15 is 0 Å². The van der Waals surface area contributed by atoms with E-state index in [0.717, 1.165) is 32.5 Å². The van der Waals surface area contributed by atoms with Crippen LogP contribution in [0.4, 0.5) is 0 Å². The van der Waals surface area contributed by atoms with Crippen LogP contribution in [0.1, 0.15) is 40.5 Å². The zero-order chi connectivity index (χ0) is 13.1. The maximum absolute atomic E-state index is 10.4. The molecule has 17 heavy (non-hydrogen) atoms. The quantitative estimate of drug-likeness (QED) is 0.776. The van der Waals surface area contributed by atoms with E-state index in [9.17, 15) is 5.11 Å². The van der Waals surface area contributed by atoms with E-state index in [1.54, 1.807) is 7.11 Å². The normalized spacial score (nSPS) is 28.2. The number of aliphatic hydroxyl groups excluding tert-OH is 1. The van der Waals surface area contributed by atoms with Gasteiger partial charge in [0.25, 0.3) is 0 Å². The lowest BCUT2D eigenvalue weighted by Gasteiger charge is -2.35. The summed E-state index contributed by atoms with van der Waals surface area (Å²) >= 11 is 0. The standard InChI is InChI=1S/C14H29NO2/c1-11(2)10-15(8-9-17-5)12-6-7-14(3,4)13(12)16/h11-13,16H,6-10H2,1-5H3. The second-order valence-corrected chi connectivity index (χ2v) is 6.42. The molecule has 1 saturated carbocycles. The highest BCUT2D eigenvalue weighted by Gasteiger charge is 2.43. The summed E-state index contributed by atoms with van der Waals surface area (Å²) < 4.78 is 5.18. The van der Waals surface area contributed by atoms with Gasteiger partial charge in [0.2, 0.25) is 0 Å². The minimum atomic E-state index is -0.210. The molecule has 0 saturated heterocycles. The van der Waals surface area contributed by atoms with Crippen molar-refractivity contribution in [2.45, 2.75) is 52.7 Å². The second-order valence-electron chi connectivity index (χ2n) is 6.42. The van der Waals surface area contributed by atoms with Gasteiger partial charge >= 0.3 is 0 Å². The van der Waals surface area contributed by atoms with Crippen LogP contribution in [0, 0.1) is 11.3 Å². The van der Waals surface area contributed by atoms with Gasteiger partial charge in [-0.15, -0.1) is 0 Å². The smallest absolute Gasteiger partial charge is 0.0746 e. The fourth-order valence-electron chi connectivity index (χ4n) is 2.80. The molecule has 1 fully saturated rings. The second kappa shape index (κ2) is 6.17. The molecule has 0 amide bonds. The van der Waals surface area contributed by atoms with Crippen LogP contribution in [0.2, 0.25) is 0 Å². The molecule has 2 unspecified atom stereocenters. The first-order valence-corrected chi connectivity index (χ1v) is 6.79. The van der Waals surface area contributed by atoms with Crippen LogP contribution in [-0.2, 0) is 4.74 Å². The maximum Gasteiger partial charge on any atom is 0.0746 e. The van der Waals surface area contributed by atoms with E-state index in [0.29, 0.717) is 12.0 Å². The van der Waals surface area contributed by atoms with Gasteiger partial charge in [0.05, 0.1) is 12.7 Å². The number of nitrogens with zero attached hydrogens (tertiary/aromatic N) is 1. The molecular weight excluding hydrogens is 214 g/mol. The van der Waals surface area contributed by atoms with Gasteiger partial charge in [-0.2, -0.15) is 0 Å². The van der Waals surface area contributed by atoms with Crippen LogP contribution < -0.4 is 0 Å². The Morgan fingerprint density at radius 3 is 2.47 bits per heavy atom. The summed E-state index contributed by atoms with van der Waals surface area (Å²) in [6.07, 6.45) is 2.00. The van der Waals surface area contributed by atoms with Crippen LogP contribution in [-0.4, -0.2) is 49.0 Å². The Hall–Kier alpha value is -0.120. The Labute approximate surface area is 106 Å². The summed E-state index contributed by atoms with van der Waals surface area (Å²) in [6, 6.07) is 0.308. The first-order chi connectivity index (χ1) is 7.88. The van der Waals surface area contributed by atoms with Crippen molar-refractivity contribution in [1.29, 1.82) is 0 Å². The van der Waals surface area contributed by atoms with Crippen molar-refractivity contribution >= 4 is 0 Å². The number of hydrogen-bond donors (Lipinski definition) is 1. The fraction of sp³-hybridized carbons (Fsp3) is 1.00. The van der Waals surface area contributed by atoms with Gasteiger partial charge in [-0.1, -0.05) is 27.7 Å². The molecule has 0 aromatic rings. The fourth-order valence-corrected chi connectivity index (χ4v) is 2.80. The molecule has 0 aromatic carbocycles. The van der Waals surface area contributed by atoms with Crippen molar-refractivity contribution in [2.75, 3.05) is 26.8 Å². The summed E-state index contributed by atoms with van der Waals surface area (Å²) in [5.41, 5.74) is 0.0625. The highest BCUT2D eigenvalue weighted by Crippen LogP contribution is 2.39. The largest absolute Gasteiger partial charge is 0.391 e. The third-order valence-corrected chi connectivity index (χ3v) is 3.90. The molecule has 0 aliphatic heterocycles. The molecule has 1 rings (SSSR count). The SMILES string of the molecule is COCCN(CC(C)C)C1CCC(C)(C)C1O. The zero-order valence-electron chi connectivity index (χ0n) is 12.1. The molecule has 0 aromatic heterocycles. The number of hydrogen-bond acceptors (Lipinski definition) is 3. The van der Waals surface area contributed by atoms with Crippen LogP contribution in [0.15, 0.2) is 0 Å². The minimum absolute atomic E-state index is 0.0625. The lowest BCUT2D eigenvalue weighted by atomic mass is 9.88. The molecular formula is C14H29NO2. The maximum atomic E-state index is 10.4. The van der Waals surface area contributed by atoms with Gasteiger partial charge in [0.1, 0.15) is 0 Å².